The molecule has 2 fully saturated rings. The number of phenolic OH excluding ortho intramolecular Hbond substituents is 1. The third kappa shape index (κ3) is 3.31. The summed E-state index contributed by atoms with van der Waals surface area (Å²) in [4.78, 5) is 12.8. The molecule has 1 aromatic carbocycles. The van der Waals surface area contributed by atoms with Crippen LogP contribution in [-0.2, 0) is 0 Å². The lowest BCUT2D eigenvalue weighted by Crippen LogP contribution is -2.56. The van der Waals surface area contributed by atoms with Gasteiger partial charge in [-0.3, -0.25) is 9.97 Å². The number of piperidine rings is 1. The molecule has 1 unspecified atom stereocenters. The highest BCUT2D eigenvalue weighted by Crippen LogP contribution is 2.46. The first-order valence-corrected chi connectivity index (χ1v) is 10.2. The maximum absolute atomic E-state index is 15.2. The van der Waals surface area contributed by atoms with E-state index < -0.39 is 23.8 Å². The fraction of sp³-hybridized carbons (Fsp3) is 0.348. The topological polar surface area (TPSA) is 75.9 Å². The fourth-order valence-electron chi connectivity index (χ4n) is 4.81. The zero-order valence-electron chi connectivity index (χ0n) is 17.0. The number of imidazole rings is 1. The number of benzene rings is 1. The van der Waals surface area contributed by atoms with E-state index in [2.05, 4.69) is 26.8 Å². The predicted octanol–water partition coefficient (Wildman–Crippen LogP) is 3.86. The van der Waals surface area contributed by atoms with Crippen LogP contribution in [0.1, 0.15) is 25.5 Å². The Hall–Kier alpha value is -3.13. The van der Waals surface area contributed by atoms with Crippen molar-refractivity contribution in [2.24, 2.45) is 5.92 Å². The molecule has 0 spiro atoms. The summed E-state index contributed by atoms with van der Waals surface area (Å²) < 4.78 is 31.2. The third-order valence-electron chi connectivity index (χ3n) is 6.53. The molecule has 2 aliphatic rings. The second-order valence-corrected chi connectivity index (χ2v) is 8.62. The maximum Gasteiger partial charge on any atom is 0.127 e. The Bertz CT molecular complexity index is 1110. The van der Waals surface area contributed by atoms with Gasteiger partial charge in [-0.15, -0.1) is 0 Å². The molecular formula is C23H23F2N5O. The van der Waals surface area contributed by atoms with E-state index in [1.54, 1.807) is 42.3 Å². The second-order valence-electron chi connectivity index (χ2n) is 8.62. The van der Waals surface area contributed by atoms with E-state index in [9.17, 15) is 9.50 Å². The van der Waals surface area contributed by atoms with Gasteiger partial charge >= 0.3 is 0 Å². The number of hydrogen-bond donors (Lipinski definition) is 2. The Kier molecular flexibility index (Phi) is 4.62. The van der Waals surface area contributed by atoms with Crippen molar-refractivity contribution in [3.05, 3.63) is 61.6 Å². The molecule has 0 saturated carbocycles. The summed E-state index contributed by atoms with van der Waals surface area (Å²) in [6.45, 7) is 5.79. The molecule has 5 atom stereocenters. The van der Waals surface area contributed by atoms with Crippen LogP contribution in [0.4, 0.5) is 8.78 Å². The number of aromatic nitrogens is 4. The molecule has 2 aliphatic heterocycles. The molecule has 2 aromatic heterocycles. The van der Waals surface area contributed by atoms with Crippen molar-refractivity contribution in [2.45, 2.75) is 43.7 Å². The summed E-state index contributed by atoms with van der Waals surface area (Å²) in [5.41, 5.74) is 1.91. The van der Waals surface area contributed by atoms with E-state index in [4.69, 9.17) is 0 Å². The van der Waals surface area contributed by atoms with Gasteiger partial charge in [0, 0.05) is 42.4 Å². The summed E-state index contributed by atoms with van der Waals surface area (Å²) in [7, 11) is 0. The highest BCUT2D eigenvalue weighted by atomic mass is 19.1. The lowest BCUT2D eigenvalue weighted by Gasteiger charge is -2.40. The minimum atomic E-state index is -1.25. The quantitative estimate of drug-likeness (QED) is 0.666. The fourth-order valence-corrected chi connectivity index (χ4v) is 4.81. The van der Waals surface area contributed by atoms with E-state index in [1.807, 2.05) is 6.07 Å². The average molecular weight is 423 g/mol. The summed E-state index contributed by atoms with van der Waals surface area (Å²) in [5.74, 6) is -0.451. The van der Waals surface area contributed by atoms with Crippen molar-refractivity contribution < 1.29 is 13.9 Å². The SMILES string of the molecule is C=C(c1cnc(-c2ccc(-n3ccnc3)cc2O)cn1)[C@@H]1CC2N[C@@](C)(C[C@@H]2F)[C@H]1F. The molecule has 2 bridgehead atoms. The largest absolute Gasteiger partial charge is 0.507 e. The Balaban J connectivity index is 1.37. The van der Waals surface area contributed by atoms with Crippen LogP contribution < -0.4 is 5.32 Å². The number of fused-ring (bicyclic) bond motifs is 2. The Labute approximate surface area is 178 Å². The van der Waals surface area contributed by atoms with Crippen LogP contribution in [0, 0.1) is 5.92 Å². The van der Waals surface area contributed by atoms with Gasteiger partial charge in [0.15, 0.2) is 0 Å². The molecule has 5 rings (SSSR count). The maximum atomic E-state index is 15.2. The van der Waals surface area contributed by atoms with Gasteiger partial charge in [0.1, 0.15) is 18.1 Å². The van der Waals surface area contributed by atoms with E-state index in [-0.39, 0.29) is 18.2 Å². The first-order valence-electron chi connectivity index (χ1n) is 10.2. The number of alkyl halides is 2. The molecule has 0 aliphatic carbocycles. The van der Waals surface area contributed by atoms with Crippen molar-refractivity contribution in [3.8, 4) is 22.7 Å². The van der Waals surface area contributed by atoms with Crippen LogP contribution >= 0.6 is 0 Å². The van der Waals surface area contributed by atoms with Gasteiger partial charge in [-0.25, -0.2) is 13.8 Å². The summed E-state index contributed by atoms with van der Waals surface area (Å²) in [6.07, 6.45) is 6.36. The van der Waals surface area contributed by atoms with E-state index in [1.165, 1.54) is 12.4 Å². The number of nitrogens with zero attached hydrogens (tertiary/aromatic N) is 4. The normalized spacial score (nSPS) is 29.8. The summed E-state index contributed by atoms with van der Waals surface area (Å²) in [5, 5.41) is 13.6. The van der Waals surface area contributed by atoms with Crippen LogP contribution in [0.15, 0.2) is 55.9 Å². The van der Waals surface area contributed by atoms with Crippen molar-refractivity contribution in [3.63, 3.8) is 0 Å². The zero-order valence-corrected chi connectivity index (χ0v) is 17.0. The van der Waals surface area contributed by atoms with Gasteiger partial charge in [0.2, 0.25) is 0 Å². The number of aromatic hydroxyl groups is 1. The molecule has 31 heavy (non-hydrogen) atoms. The van der Waals surface area contributed by atoms with Gasteiger partial charge in [0.25, 0.3) is 0 Å². The van der Waals surface area contributed by atoms with Crippen molar-refractivity contribution >= 4 is 5.57 Å². The molecule has 8 heteroatoms. The number of hydrogen-bond acceptors (Lipinski definition) is 5. The van der Waals surface area contributed by atoms with Gasteiger partial charge < -0.3 is 15.0 Å². The van der Waals surface area contributed by atoms with Gasteiger partial charge in [-0.2, -0.15) is 0 Å². The molecule has 4 heterocycles. The first kappa shape index (κ1) is 19.8. The lowest BCUT2D eigenvalue weighted by atomic mass is 9.78. The van der Waals surface area contributed by atoms with Crippen LogP contribution in [0.5, 0.6) is 5.75 Å². The van der Waals surface area contributed by atoms with Gasteiger partial charge in [0.05, 0.1) is 41.3 Å². The van der Waals surface area contributed by atoms with Crippen LogP contribution in [0.2, 0.25) is 0 Å². The average Bonchev–Trinajstić information content (AvgIpc) is 3.38. The van der Waals surface area contributed by atoms with Crippen molar-refractivity contribution in [1.82, 2.24) is 24.8 Å². The summed E-state index contributed by atoms with van der Waals surface area (Å²) in [6, 6.07) is 4.86. The molecule has 0 amide bonds. The Morgan fingerprint density at radius 1 is 1.29 bits per heavy atom. The molecular weight excluding hydrogens is 400 g/mol. The smallest absolute Gasteiger partial charge is 0.127 e. The molecule has 2 saturated heterocycles. The van der Waals surface area contributed by atoms with Gasteiger partial charge in [-0.1, -0.05) is 6.58 Å². The minimum Gasteiger partial charge on any atom is -0.507 e. The van der Waals surface area contributed by atoms with Crippen LogP contribution in [0.25, 0.3) is 22.5 Å². The number of halogens is 2. The highest BCUT2D eigenvalue weighted by Gasteiger charge is 2.55. The number of nitrogens with one attached hydrogen (secondary N) is 1. The monoisotopic (exact) mass is 423 g/mol. The molecule has 160 valence electrons. The van der Waals surface area contributed by atoms with Gasteiger partial charge in [-0.05, 0) is 31.1 Å². The zero-order chi connectivity index (χ0) is 21.8. The third-order valence-corrected chi connectivity index (χ3v) is 6.53. The number of rotatable bonds is 4. The number of allylic oxidation sites excluding steroid dienone is 1. The van der Waals surface area contributed by atoms with Crippen LogP contribution in [0.3, 0.4) is 0 Å². The highest BCUT2D eigenvalue weighted by molar-refractivity contribution is 5.69. The molecule has 2 N–H and O–H groups in total. The lowest BCUT2D eigenvalue weighted by molar-refractivity contribution is 0.102. The Morgan fingerprint density at radius 3 is 2.81 bits per heavy atom. The summed E-state index contributed by atoms with van der Waals surface area (Å²) >= 11 is 0. The van der Waals surface area contributed by atoms with Crippen molar-refractivity contribution in [1.29, 1.82) is 0 Å². The van der Waals surface area contributed by atoms with Crippen molar-refractivity contribution in [2.75, 3.05) is 0 Å². The van der Waals surface area contributed by atoms with E-state index in [0.717, 1.165) is 5.69 Å². The van der Waals surface area contributed by atoms with E-state index in [0.29, 0.717) is 28.9 Å². The van der Waals surface area contributed by atoms with Crippen LogP contribution in [-0.4, -0.2) is 48.5 Å². The molecule has 6 nitrogen and oxygen atoms in total. The Morgan fingerprint density at radius 2 is 2.13 bits per heavy atom. The minimum absolute atomic E-state index is 0.0627. The molecule has 0 radical (unpaired) electrons. The second kappa shape index (κ2) is 7.23. The molecule has 3 aromatic rings. The predicted molar refractivity (Wildman–Crippen MR) is 113 cm³/mol. The standard InChI is InChI=1S/C23H23F2N5O/c1-13(16-8-18-17(24)9-23(2,29-18)22(16)25)19-10-28-20(11-27-19)15-4-3-14(7-21(15)31)30-6-5-26-12-30/h3-7,10-12,16-18,22,29,31H,1,8-9H2,2H3/t16-,17-,18?,22-,23-/m0/s1. The number of phenols is 1. The van der Waals surface area contributed by atoms with E-state index >= 15 is 4.39 Å². The first-order chi connectivity index (χ1) is 14.9.